The van der Waals surface area contributed by atoms with Crippen LogP contribution in [-0.4, -0.2) is 49.8 Å². The molecule has 31 heavy (non-hydrogen) atoms. The van der Waals surface area contributed by atoms with Gasteiger partial charge < -0.3 is 58.8 Å². The number of rotatable bonds is 4. The first kappa shape index (κ1) is 40.9. The number of ether oxygens (including phenoxy) is 1. The Morgan fingerprint density at radius 1 is 1.13 bits per heavy atom. The smallest absolute Gasteiger partial charge is 0.790 e. The second-order valence-electron chi connectivity index (χ2n) is 4.87. The monoisotopic (exact) mass is 527 g/mol. The third kappa shape index (κ3) is 14.1. The Bertz CT molecular complexity index is 805. The van der Waals surface area contributed by atoms with Crippen molar-refractivity contribution >= 4 is 21.5 Å². The summed E-state index contributed by atoms with van der Waals surface area (Å²) in [6.45, 7) is -0.547. The van der Waals surface area contributed by atoms with Crippen LogP contribution in [0.2, 0.25) is 0 Å². The maximum Gasteiger partial charge on any atom is 1.00 e. The molecule has 1 fully saturated rings. The van der Waals surface area contributed by atoms with Gasteiger partial charge >= 0.3 is 124 Å². The summed E-state index contributed by atoms with van der Waals surface area (Å²) in [6, 6.07) is 0. The number of halogens is 1. The van der Waals surface area contributed by atoms with E-state index in [0.29, 0.717) is 4.57 Å². The fourth-order valence-corrected chi connectivity index (χ4v) is 2.85. The van der Waals surface area contributed by atoms with Crippen molar-refractivity contribution in [2.45, 2.75) is 24.5 Å². The zero-order valence-electron chi connectivity index (χ0n) is 16.9. The van der Waals surface area contributed by atoms with Crippen molar-refractivity contribution < 1.29 is 176 Å². The first-order valence-electron chi connectivity index (χ1n) is 6.58. The number of aromatic nitrogens is 2. The van der Waals surface area contributed by atoms with Crippen molar-refractivity contribution in [3.8, 4) is 0 Å². The summed E-state index contributed by atoms with van der Waals surface area (Å²) in [6.07, 6.45) is -4.52. The molecule has 1 aromatic rings. The molecule has 15 nitrogen and oxygen atoms in total. The van der Waals surface area contributed by atoms with E-state index >= 15 is 0 Å². The summed E-state index contributed by atoms with van der Waals surface area (Å²) in [5, 5.41) is 28.1. The molecule has 1 aliphatic heterocycles. The molecule has 1 saturated heterocycles. The van der Waals surface area contributed by atoms with Crippen molar-refractivity contribution in [2.24, 2.45) is 0 Å². The van der Waals surface area contributed by atoms with Gasteiger partial charge in [-0.1, -0.05) is 0 Å². The number of nitrogens with zero attached hydrogens (tertiary/aromatic N) is 2. The maximum atomic E-state index is 13.2. The molecule has 0 unspecified atom stereocenters. The first-order chi connectivity index (χ1) is 12.2. The number of hydrogen-bond donors (Lipinski definition) is 4. The molecule has 0 aromatic carbocycles. The van der Waals surface area contributed by atoms with E-state index in [2.05, 4.69) is 9.29 Å². The van der Waals surface area contributed by atoms with Gasteiger partial charge in [-0.2, -0.15) is 4.98 Å². The average molecular weight is 527 g/mol. The van der Waals surface area contributed by atoms with Crippen molar-refractivity contribution in [3.05, 3.63) is 22.5 Å². The van der Waals surface area contributed by atoms with Gasteiger partial charge in [-0.15, -0.1) is 0 Å². The molecule has 4 atom stereocenters. The summed E-state index contributed by atoms with van der Waals surface area (Å²) in [5.74, 6) is -1.52. The number of anilines is 1. The second-order valence-corrected chi connectivity index (χ2v) is 7.31. The van der Waals surface area contributed by atoms with E-state index < -0.39 is 64.1 Å². The molecule has 156 valence electrons. The van der Waals surface area contributed by atoms with E-state index in [4.69, 9.17) is 15.6 Å². The van der Waals surface area contributed by atoms with Crippen LogP contribution in [0.4, 0.5) is 10.2 Å². The quantitative estimate of drug-likeness (QED) is 0.209. The van der Waals surface area contributed by atoms with Crippen LogP contribution in [0.25, 0.3) is 0 Å². The third-order valence-electron chi connectivity index (χ3n) is 2.93. The summed E-state index contributed by atoms with van der Waals surface area (Å²) in [4.78, 5) is 52.0. The molecule has 22 heteroatoms. The van der Waals surface area contributed by atoms with Gasteiger partial charge in [0, 0.05) is 0 Å². The molecule has 0 bridgehead atoms. The van der Waals surface area contributed by atoms with E-state index in [-0.39, 0.29) is 118 Å². The largest absolute Gasteiger partial charge is 1.00 e. The molecule has 0 amide bonds. The summed E-state index contributed by atoms with van der Waals surface area (Å²) in [7, 11) is -11.4. The number of aliphatic hydroxyl groups excluding tert-OH is 3. The fourth-order valence-electron chi connectivity index (χ4n) is 1.87. The summed E-state index contributed by atoms with van der Waals surface area (Å²) in [5.41, 5.74) is 4.18. The Balaban J connectivity index is -0.000000246. The number of nitrogens with two attached hydrogens (primary N) is 1. The van der Waals surface area contributed by atoms with Gasteiger partial charge in [-0.3, -0.25) is 4.57 Å². The standard InChI is InChI=1S/C9H12FN3O5.4Na.H4O7P2/c10-3-1-13(9(17)12-7(3)11)8-6(16)5(15)4(2-14)18-8;;;;;1-8(2,3)7-9(4,5)6/h1,4-6,8,14-16H,2H2,(H2,11,12,17);;;;;(H2,1,2,3)(H2,4,5,6)/q;4*+1;/p-4/t4-,5-,6-,8-;;;;;/m1...../s1. The minimum Gasteiger partial charge on any atom is -0.790 e. The normalized spacial score (nSPS) is 22.5. The molecule has 0 spiro atoms. The molecule has 0 aliphatic carbocycles. The zero-order chi connectivity index (χ0) is 21.2. The van der Waals surface area contributed by atoms with Crippen LogP contribution in [-0.2, 0) is 18.2 Å². The van der Waals surface area contributed by atoms with Crippen LogP contribution in [0, 0.1) is 5.82 Å². The van der Waals surface area contributed by atoms with Crippen LogP contribution in [0.5, 0.6) is 0 Å². The van der Waals surface area contributed by atoms with Crippen LogP contribution < -0.4 is 149 Å². The zero-order valence-corrected chi connectivity index (χ0v) is 26.6. The van der Waals surface area contributed by atoms with Crippen molar-refractivity contribution in [1.29, 1.82) is 0 Å². The predicted molar refractivity (Wildman–Crippen MR) is 72.2 cm³/mol. The average Bonchev–Trinajstić information content (AvgIpc) is 2.76. The number of nitrogen functional groups attached to an aromatic ring is 1. The van der Waals surface area contributed by atoms with Gasteiger partial charge in [0.1, 0.15) is 18.3 Å². The molecule has 0 radical (unpaired) electrons. The first-order valence-corrected chi connectivity index (χ1v) is 9.50. The van der Waals surface area contributed by atoms with Gasteiger partial charge in [-0.25, -0.2) is 9.18 Å². The fraction of sp³-hybridized carbons (Fsp3) is 0.556. The molecule has 2 rings (SSSR count). The Hall–Kier alpha value is 2.71. The maximum absolute atomic E-state index is 13.2. The van der Waals surface area contributed by atoms with Crippen molar-refractivity contribution in [3.63, 3.8) is 0 Å². The SMILES string of the molecule is Nc1nc(=O)n([C@@H]2O[C@H](CO)[C@@H](O)[C@H]2O)cc1F.O=P([O-])([O-])OP(=O)([O-])[O-].[Na+].[Na+].[Na+].[Na+]. The van der Waals surface area contributed by atoms with E-state index in [9.17, 15) is 48.1 Å². The Morgan fingerprint density at radius 3 is 1.90 bits per heavy atom. The molecule has 5 N–H and O–H groups in total. The third-order valence-corrected chi connectivity index (χ3v) is 4.53. The van der Waals surface area contributed by atoms with Gasteiger partial charge in [-0.05, 0) is 0 Å². The van der Waals surface area contributed by atoms with Gasteiger partial charge in [0.15, 0.2) is 17.9 Å². The Labute approximate surface area is 262 Å². The molecule has 0 saturated carbocycles. The summed E-state index contributed by atoms with van der Waals surface area (Å²) < 4.78 is 40.1. The Morgan fingerprint density at radius 2 is 1.58 bits per heavy atom. The number of phosphoric acid groups is 2. The van der Waals surface area contributed by atoms with Crippen LogP contribution in [0.1, 0.15) is 6.23 Å². The Kier molecular flexibility index (Phi) is 22.7. The molecular formula is C9H12FN3Na4O12P2. The summed E-state index contributed by atoms with van der Waals surface area (Å²) >= 11 is 0. The van der Waals surface area contributed by atoms with E-state index in [1.165, 1.54) is 0 Å². The minimum atomic E-state index is -5.68. The molecule has 1 aromatic heterocycles. The van der Waals surface area contributed by atoms with Gasteiger partial charge in [0.25, 0.3) is 0 Å². The van der Waals surface area contributed by atoms with Gasteiger partial charge in [0.2, 0.25) is 0 Å². The minimum absolute atomic E-state index is 0. The molecular weight excluding hydrogens is 515 g/mol. The van der Waals surface area contributed by atoms with Crippen LogP contribution in [0.3, 0.4) is 0 Å². The number of aliphatic hydroxyl groups is 3. The van der Waals surface area contributed by atoms with Crippen molar-refractivity contribution in [2.75, 3.05) is 12.3 Å². The van der Waals surface area contributed by atoms with Crippen LogP contribution in [0.15, 0.2) is 11.0 Å². The van der Waals surface area contributed by atoms with E-state index in [0.717, 1.165) is 6.20 Å². The predicted octanol–water partition coefficient (Wildman–Crippen LogP) is -17.7. The molecule has 1 aliphatic rings. The van der Waals surface area contributed by atoms with E-state index in [1.54, 1.807) is 0 Å². The van der Waals surface area contributed by atoms with Crippen LogP contribution >= 0.6 is 15.6 Å². The topological polar surface area (TPSA) is 266 Å². The van der Waals surface area contributed by atoms with Gasteiger partial charge in [0.05, 0.1) is 28.4 Å². The number of hydrogen-bond acceptors (Lipinski definition) is 14. The second kappa shape index (κ2) is 17.2. The molecule has 2 heterocycles. The van der Waals surface area contributed by atoms with E-state index in [1.807, 2.05) is 0 Å². The van der Waals surface area contributed by atoms with Crippen molar-refractivity contribution in [1.82, 2.24) is 9.55 Å².